The molecule has 0 unspecified atom stereocenters. The molecule has 1 amide bonds. The molecule has 0 heterocycles. The van der Waals surface area contributed by atoms with E-state index in [0.717, 1.165) is 11.8 Å². The molecule has 1 aromatic rings. The normalized spacial score (nSPS) is 11.1. The van der Waals surface area contributed by atoms with E-state index in [2.05, 4.69) is 14.9 Å². The summed E-state index contributed by atoms with van der Waals surface area (Å²) in [6.07, 6.45) is 0. The first kappa shape index (κ1) is 23.9. The van der Waals surface area contributed by atoms with Gasteiger partial charge in [0.15, 0.2) is 0 Å². The SMILES string of the molecule is COC(=O)[C@H](CSCC(=O)C(=O)OCc1cccc(CO[N+](=O)[O-])c1)NC(C)=O. The summed E-state index contributed by atoms with van der Waals surface area (Å²) < 4.78 is 9.48. The molecule has 0 saturated carbocycles. The van der Waals surface area contributed by atoms with E-state index in [1.165, 1.54) is 14.0 Å². The van der Waals surface area contributed by atoms with Crippen LogP contribution >= 0.6 is 11.8 Å². The van der Waals surface area contributed by atoms with E-state index >= 15 is 0 Å². The average Bonchev–Trinajstić information content (AvgIpc) is 2.68. The minimum absolute atomic E-state index is 0.0454. The van der Waals surface area contributed by atoms with Crippen molar-refractivity contribution in [1.29, 1.82) is 0 Å². The van der Waals surface area contributed by atoms with Gasteiger partial charge in [-0.1, -0.05) is 24.3 Å². The van der Waals surface area contributed by atoms with Gasteiger partial charge in [-0.15, -0.1) is 10.1 Å². The molecule has 0 saturated heterocycles. The summed E-state index contributed by atoms with van der Waals surface area (Å²) in [6.45, 7) is 0.792. The van der Waals surface area contributed by atoms with Gasteiger partial charge in [0.2, 0.25) is 11.7 Å². The lowest BCUT2D eigenvalue weighted by Crippen LogP contribution is -2.42. The Balaban J connectivity index is 2.45. The molecule has 1 aromatic carbocycles. The van der Waals surface area contributed by atoms with Gasteiger partial charge in [-0.05, 0) is 11.1 Å². The van der Waals surface area contributed by atoms with Crippen LogP contribution in [0.4, 0.5) is 0 Å². The Morgan fingerprint density at radius 1 is 1.21 bits per heavy atom. The van der Waals surface area contributed by atoms with E-state index in [0.29, 0.717) is 11.1 Å². The highest BCUT2D eigenvalue weighted by molar-refractivity contribution is 8.00. The first-order chi connectivity index (χ1) is 13.7. The number of nitrogens with one attached hydrogen (secondary N) is 1. The third-order valence-corrected chi connectivity index (χ3v) is 4.34. The Kier molecular flexibility index (Phi) is 10.2. The molecule has 0 fully saturated rings. The molecule has 0 aliphatic carbocycles. The number of amides is 1. The molecule has 158 valence electrons. The summed E-state index contributed by atoms with van der Waals surface area (Å²) in [4.78, 5) is 60.8. The predicted octanol–water partition coefficient (Wildman–Crippen LogP) is 0.418. The zero-order valence-electron chi connectivity index (χ0n) is 15.7. The van der Waals surface area contributed by atoms with E-state index in [-0.39, 0.29) is 24.7 Å². The average molecular weight is 428 g/mol. The number of rotatable bonds is 12. The van der Waals surface area contributed by atoms with Crippen LogP contribution in [0.15, 0.2) is 24.3 Å². The van der Waals surface area contributed by atoms with Crippen LogP contribution in [-0.4, -0.2) is 53.4 Å². The molecule has 11 nitrogen and oxygen atoms in total. The Morgan fingerprint density at radius 2 is 1.86 bits per heavy atom. The van der Waals surface area contributed by atoms with Gasteiger partial charge in [-0.25, -0.2) is 9.59 Å². The van der Waals surface area contributed by atoms with Gasteiger partial charge in [0.1, 0.15) is 19.3 Å². The standard InChI is InChI=1S/C17H20N2O9S/c1-11(20)18-14(16(22)26-2)9-29-10-15(21)17(23)27-7-12-4-3-5-13(6-12)8-28-19(24)25/h3-6,14H,7-10H2,1-2H3,(H,18,20)/t14-/m0/s1. The monoisotopic (exact) mass is 428 g/mol. The van der Waals surface area contributed by atoms with Gasteiger partial charge < -0.3 is 19.6 Å². The number of nitrogens with zero attached hydrogens (tertiary/aromatic N) is 1. The maximum atomic E-state index is 11.9. The molecule has 0 aliphatic rings. The third kappa shape index (κ3) is 9.55. The van der Waals surface area contributed by atoms with E-state index in [4.69, 9.17) is 4.74 Å². The highest BCUT2D eigenvalue weighted by Crippen LogP contribution is 2.10. The van der Waals surface area contributed by atoms with Crippen LogP contribution in [0.5, 0.6) is 0 Å². The quantitative estimate of drug-likeness (QED) is 0.215. The van der Waals surface area contributed by atoms with E-state index in [9.17, 15) is 29.3 Å². The highest BCUT2D eigenvalue weighted by Gasteiger charge is 2.22. The van der Waals surface area contributed by atoms with Gasteiger partial charge >= 0.3 is 11.9 Å². The number of thioether (sulfide) groups is 1. The van der Waals surface area contributed by atoms with Crippen LogP contribution in [0.25, 0.3) is 0 Å². The Morgan fingerprint density at radius 3 is 2.45 bits per heavy atom. The van der Waals surface area contributed by atoms with Crippen molar-refractivity contribution in [2.24, 2.45) is 0 Å². The molecule has 0 aromatic heterocycles. The number of ketones is 1. The van der Waals surface area contributed by atoms with Gasteiger partial charge in [0.25, 0.3) is 5.09 Å². The predicted molar refractivity (Wildman–Crippen MR) is 100.0 cm³/mol. The van der Waals surface area contributed by atoms with E-state index in [1.807, 2.05) is 0 Å². The van der Waals surface area contributed by atoms with Crippen molar-refractivity contribution in [3.05, 3.63) is 45.5 Å². The first-order valence-electron chi connectivity index (χ1n) is 8.20. The minimum Gasteiger partial charge on any atom is -0.467 e. The van der Waals surface area contributed by atoms with Crippen LogP contribution in [0.2, 0.25) is 0 Å². The summed E-state index contributed by atoms with van der Waals surface area (Å²) in [5.74, 6) is -3.17. The molecule has 0 aliphatic heterocycles. The molecule has 1 rings (SSSR count). The smallest absolute Gasteiger partial charge is 0.375 e. The summed E-state index contributed by atoms with van der Waals surface area (Å²) in [6, 6.07) is 5.44. The Bertz CT molecular complexity index is 769. The molecule has 29 heavy (non-hydrogen) atoms. The Labute approximate surface area is 170 Å². The van der Waals surface area contributed by atoms with Crippen LogP contribution in [-0.2, 0) is 46.7 Å². The van der Waals surface area contributed by atoms with Crippen molar-refractivity contribution in [2.75, 3.05) is 18.6 Å². The van der Waals surface area contributed by atoms with Crippen molar-refractivity contribution < 1.29 is 38.6 Å². The molecule has 1 atom stereocenters. The number of carbonyl (C=O) groups is 4. The summed E-state index contributed by atoms with van der Waals surface area (Å²) in [5, 5.41) is 11.7. The third-order valence-electron chi connectivity index (χ3n) is 3.31. The number of carbonyl (C=O) groups excluding carboxylic acids is 4. The van der Waals surface area contributed by atoms with Crippen molar-refractivity contribution in [1.82, 2.24) is 5.32 Å². The van der Waals surface area contributed by atoms with Gasteiger partial charge in [-0.3, -0.25) is 9.59 Å². The molecule has 0 bridgehead atoms. The van der Waals surface area contributed by atoms with E-state index < -0.39 is 34.8 Å². The molecular formula is C17H20N2O9S. The van der Waals surface area contributed by atoms with Gasteiger partial charge in [-0.2, -0.15) is 11.8 Å². The number of methoxy groups -OCH3 is 1. The number of benzene rings is 1. The number of Topliss-reactive ketones (excluding diaryl/α,β-unsaturated/α-hetero) is 1. The molecule has 0 spiro atoms. The zero-order valence-corrected chi connectivity index (χ0v) is 16.6. The van der Waals surface area contributed by atoms with Crippen LogP contribution in [0.3, 0.4) is 0 Å². The van der Waals surface area contributed by atoms with Crippen molar-refractivity contribution >= 4 is 35.4 Å². The van der Waals surface area contributed by atoms with Gasteiger partial charge in [0, 0.05) is 12.7 Å². The summed E-state index contributed by atoms with van der Waals surface area (Å²) in [7, 11) is 1.17. The second kappa shape index (κ2) is 12.3. The van der Waals surface area contributed by atoms with Crippen molar-refractivity contribution in [2.45, 2.75) is 26.2 Å². The molecule has 1 N–H and O–H groups in total. The number of hydrogen-bond acceptors (Lipinski definition) is 10. The first-order valence-corrected chi connectivity index (χ1v) is 9.36. The Hall–Kier alpha value is -3.15. The lowest BCUT2D eigenvalue weighted by Gasteiger charge is -2.14. The second-order valence-corrected chi connectivity index (χ2v) is 6.64. The zero-order chi connectivity index (χ0) is 21.8. The maximum Gasteiger partial charge on any atom is 0.375 e. The topological polar surface area (TPSA) is 151 Å². The lowest BCUT2D eigenvalue weighted by molar-refractivity contribution is -0.763. The van der Waals surface area contributed by atoms with Crippen molar-refractivity contribution in [3.8, 4) is 0 Å². The molecule has 0 radical (unpaired) electrons. The fourth-order valence-electron chi connectivity index (χ4n) is 2.05. The van der Waals surface area contributed by atoms with Crippen molar-refractivity contribution in [3.63, 3.8) is 0 Å². The van der Waals surface area contributed by atoms with E-state index in [1.54, 1.807) is 24.3 Å². The summed E-state index contributed by atoms with van der Waals surface area (Å²) >= 11 is 0.971. The van der Waals surface area contributed by atoms with Crippen LogP contribution in [0, 0.1) is 10.1 Å². The fourth-order valence-corrected chi connectivity index (χ4v) is 2.93. The maximum absolute atomic E-state index is 11.9. The number of ether oxygens (including phenoxy) is 2. The second-order valence-electron chi connectivity index (χ2n) is 5.61. The highest BCUT2D eigenvalue weighted by atomic mass is 32.2. The molecular weight excluding hydrogens is 408 g/mol. The largest absolute Gasteiger partial charge is 0.467 e. The van der Waals surface area contributed by atoms with Crippen LogP contribution < -0.4 is 5.32 Å². The van der Waals surface area contributed by atoms with Crippen LogP contribution in [0.1, 0.15) is 18.1 Å². The van der Waals surface area contributed by atoms with Gasteiger partial charge in [0.05, 0.1) is 12.9 Å². The summed E-state index contributed by atoms with van der Waals surface area (Å²) in [5.41, 5.74) is 1.03. The lowest BCUT2D eigenvalue weighted by atomic mass is 10.1. The number of hydrogen-bond donors (Lipinski definition) is 1. The number of esters is 2. The fraction of sp³-hybridized carbons (Fsp3) is 0.412. The molecule has 12 heteroatoms. The minimum atomic E-state index is -1.06.